The lowest BCUT2D eigenvalue weighted by Crippen LogP contribution is -2.17. The summed E-state index contributed by atoms with van der Waals surface area (Å²) in [6, 6.07) is 7.32. The molecule has 8 heteroatoms. The average molecular weight is 387 g/mol. The van der Waals surface area contributed by atoms with E-state index in [0.717, 1.165) is 6.07 Å². The molecule has 0 aliphatic carbocycles. The van der Waals surface area contributed by atoms with Gasteiger partial charge in [-0.25, -0.2) is 4.39 Å². The number of thioether (sulfide) groups is 1. The summed E-state index contributed by atoms with van der Waals surface area (Å²) < 4.78 is 13.8. The summed E-state index contributed by atoms with van der Waals surface area (Å²) in [5, 5.41) is 3.56. The third-order valence-corrected chi connectivity index (χ3v) is 4.89. The first-order valence-corrected chi connectivity index (χ1v) is 8.49. The number of primary amides is 1. The molecule has 0 aliphatic rings. The summed E-state index contributed by atoms with van der Waals surface area (Å²) in [5.41, 5.74) is 5.56. The van der Waals surface area contributed by atoms with Crippen LogP contribution in [0.15, 0.2) is 35.2 Å². The summed E-state index contributed by atoms with van der Waals surface area (Å²) in [7, 11) is 0. The molecule has 0 heterocycles. The van der Waals surface area contributed by atoms with Gasteiger partial charge in [-0.15, -0.1) is 11.8 Å². The number of hydrogen-bond donors (Lipinski definition) is 2. The topological polar surface area (TPSA) is 72.2 Å². The number of anilines is 1. The summed E-state index contributed by atoms with van der Waals surface area (Å²) in [4.78, 5) is 23.9. The largest absolute Gasteiger partial charge is 0.366 e. The summed E-state index contributed by atoms with van der Waals surface area (Å²) in [6.45, 7) is 1.50. The maximum atomic E-state index is 13.8. The van der Waals surface area contributed by atoms with E-state index in [1.807, 2.05) is 0 Å². The van der Waals surface area contributed by atoms with E-state index in [-0.39, 0.29) is 28.5 Å². The highest BCUT2D eigenvalue weighted by Gasteiger charge is 2.13. The normalized spacial score (nSPS) is 10.5. The SMILES string of the molecule is Cc1c(F)cc(C(N)=O)cc1NC(=O)CSc1cc(Cl)ccc1Cl. The van der Waals surface area contributed by atoms with E-state index in [1.54, 1.807) is 18.2 Å². The summed E-state index contributed by atoms with van der Waals surface area (Å²) >= 11 is 13.1. The highest BCUT2D eigenvalue weighted by Crippen LogP contribution is 2.30. The molecule has 0 fully saturated rings. The van der Waals surface area contributed by atoms with Crippen molar-refractivity contribution in [3.8, 4) is 0 Å². The van der Waals surface area contributed by atoms with Crippen LogP contribution in [0.25, 0.3) is 0 Å². The first kappa shape index (κ1) is 18.6. The molecule has 0 aliphatic heterocycles. The Hall–Kier alpha value is -1.76. The van der Waals surface area contributed by atoms with Gasteiger partial charge in [-0.3, -0.25) is 9.59 Å². The van der Waals surface area contributed by atoms with E-state index in [0.29, 0.717) is 14.9 Å². The molecule has 0 aromatic heterocycles. The minimum Gasteiger partial charge on any atom is -0.366 e. The van der Waals surface area contributed by atoms with Gasteiger partial charge in [0.1, 0.15) is 5.82 Å². The minimum absolute atomic E-state index is 0.0149. The third kappa shape index (κ3) is 4.63. The van der Waals surface area contributed by atoms with Crippen LogP contribution in [0.5, 0.6) is 0 Å². The second kappa shape index (κ2) is 7.88. The molecule has 0 atom stereocenters. The van der Waals surface area contributed by atoms with E-state index in [4.69, 9.17) is 28.9 Å². The number of rotatable bonds is 5. The van der Waals surface area contributed by atoms with Gasteiger partial charge in [0, 0.05) is 26.7 Å². The zero-order chi connectivity index (χ0) is 17.9. The van der Waals surface area contributed by atoms with E-state index >= 15 is 0 Å². The van der Waals surface area contributed by atoms with Crippen LogP contribution in [0.3, 0.4) is 0 Å². The zero-order valence-electron chi connectivity index (χ0n) is 12.5. The molecule has 2 aromatic carbocycles. The second-order valence-electron chi connectivity index (χ2n) is 4.91. The van der Waals surface area contributed by atoms with Gasteiger partial charge >= 0.3 is 0 Å². The van der Waals surface area contributed by atoms with Crippen molar-refractivity contribution in [1.29, 1.82) is 0 Å². The van der Waals surface area contributed by atoms with Gasteiger partial charge < -0.3 is 11.1 Å². The molecule has 126 valence electrons. The smallest absolute Gasteiger partial charge is 0.248 e. The van der Waals surface area contributed by atoms with Crippen molar-refractivity contribution in [2.45, 2.75) is 11.8 Å². The molecule has 2 rings (SSSR count). The number of amides is 2. The van der Waals surface area contributed by atoms with E-state index in [1.165, 1.54) is 24.8 Å². The second-order valence-corrected chi connectivity index (χ2v) is 6.77. The van der Waals surface area contributed by atoms with Crippen LogP contribution in [-0.4, -0.2) is 17.6 Å². The fourth-order valence-corrected chi connectivity index (χ4v) is 3.16. The Balaban J connectivity index is 2.10. The first-order chi connectivity index (χ1) is 11.3. The number of hydrogen-bond acceptors (Lipinski definition) is 3. The predicted octanol–water partition coefficient (Wildman–Crippen LogP) is 4.27. The number of carbonyl (C=O) groups is 2. The average Bonchev–Trinajstić information content (AvgIpc) is 2.52. The highest BCUT2D eigenvalue weighted by molar-refractivity contribution is 8.00. The molecule has 24 heavy (non-hydrogen) atoms. The van der Waals surface area contributed by atoms with Crippen molar-refractivity contribution < 1.29 is 14.0 Å². The van der Waals surface area contributed by atoms with Gasteiger partial charge in [-0.2, -0.15) is 0 Å². The molecule has 3 N–H and O–H groups in total. The molecular weight excluding hydrogens is 374 g/mol. The van der Waals surface area contributed by atoms with Gasteiger partial charge in [0.2, 0.25) is 11.8 Å². The van der Waals surface area contributed by atoms with Crippen molar-refractivity contribution in [3.63, 3.8) is 0 Å². The lowest BCUT2D eigenvalue weighted by Gasteiger charge is -2.11. The van der Waals surface area contributed by atoms with Crippen LogP contribution in [0.2, 0.25) is 10.0 Å². The number of benzene rings is 2. The standard InChI is InChI=1S/C16H13Cl2FN2O2S/c1-8-12(19)4-9(16(20)23)5-13(8)21-15(22)7-24-14-6-10(17)2-3-11(14)18/h2-6H,7H2,1H3,(H2,20,23)(H,21,22). The Morgan fingerprint density at radius 3 is 2.62 bits per heavy atom. The zero-order valence-corrected chi connectivity index (χ0v) is 14.9. The number of nitrogens with two attached hydrogens (primary N) is 1. The molecule has 0 radical (unpaired) electrons. The predicted molar refractivity (Wildman–Crippen MR) is 95.5 cm³/mol. The number of carbonyl (C=O) groups excluding carboxylic acids is 2. The van der Waals surface area contributed by atoms with Crippen molar-refractivity contribution in [1.82, 2.24) is 0 Å². The van der Waals surface area contributed by atoms with Gasteiger partial charge in [-0.05, 0) is 37.3 Å². The van der Waals surface area contributed by atoms with Crippen LogP contribution < -0.4 is 11.1 Å². The molecule has 2 aromatic rings. The van der Waals surface area contributed by atoms with Crippen LogP contribution >= 0.6 is 35.0 Å². The van der Waals surface area contributed by atoms with E-state index in [2.05, 4.69) is 5.32 Å². The fourth-order valence-electron chi connectivity index (χ4n) is 1.87. The first-order valence-electron chi connectivity index (χ1n) is 6.75. The highest BCUT2D eigenvalue weighted by atomic mass is 35.5. The van der Waals surface area contributed by atoms with Crippen molar-refractivity contribution >= 4 is 52.5 Å². The van der Waals surface area contributed by atoms with Gasteiger partial charge in [0.25, 0.3) is 0 Å². The quantitative estimate of drug-likeness (QED) is 0.753. The number of halogens is 3. The monoisotopic (exact) mass is 386 g/mol. The maximum Gasteiger partial charge on any atom is 0.248 e. The van der Waals surface area contributed by atoms with Crippen molar-refractivity contribution in [3.05, 3.63) is 57.3 Å². The van der Waals surface area contributed by atoms with E-state index < -0.39 is 11.7 Å². The lowest BCUT2D eigenvalue weighted by molar-refractivity contribution is -0.113. The summed E-state index contributed by atoms with van der Waals surface area (Å²) in [6.07, 6.45) is 0. The molecule has 2 amide bonds. The number of nitrogens with one attached hydrogen (secondary N) is 1. The Labute approximate surface area is 152 Å². The molecule has 0 unspecified atom stereocenters. The van der Waals surface area contributed by atoms with E-state index in [9.17, 15) is 14.0 Å². The molecule has 0 saturated carbocycles. The van der Waals surface area contributed by atoms with Crippen LogP contribution in [-0.2, 0) is 4.79 Å². The van der Waals surface area contributed by atoms with Gasteiger partial charge in [0.15, 0.2) is 0 Å². The molecule has 0 bridgehead atoms. The van der Waals surface area contributed by atoms with Crippen LogP contribution in [0.4, 0.5) is 10.1 Å². The van der Waals surface area contributed by atoms with Crippen molar-refractivity contribution in [2.75, 3.05) is 11.1 Å². The fraction of sp³-hybridized carbons (Fsp3) is 0.125. The molecule has 0 saturated heterocycles. The van der Waals surface area contributed by atoms with Crippen LogP contribution in [0.1, 0.15) is 15.9 Å². The third-order valence-electron chi connectivity index (χ3n) is 3.15. The molecule has 4 nitrogen and oxygen atoms in total. The van der Waals surface area contributed by atoms with Crippen LogP contribution in [0, 0.1) is 12.7 Å². The van der Waals surface area contributed by atoms with Crippen molar-refractivity contribution in [2.24, 2.45) is 5.73 Å². The Morgan fingerprint density at radius 1 is 1.25 bits per heavy atom. The molecule has 0 spiro atoms. The Bertz CT molecular complexity index is 815. The van der Waals surface area contributed by atoms with Gasteiger partial charge in [-0.1, -0.05) is 23.2 Å². The van der Waals surface area contributed by atoms with Gasteiger partial charge in [0.05, 0.1) is 10.8 Å². The minimum atomic E-state index is -0.774. The maximum absolute atomic E-state index is 13.8. The Morgan fingerprint density at radius 2 is 1.96 bits per heavy atom. The lowest BCUT2D eigenvalue weighted by atomic mass is 10.1. The summed E-state index contributed by atoms with van der Waals surface area (Å²) in [5.74, 6) is -1.72. The Kier molecular flexibility index (Phi) is 6.10. The molecular formula is C16H13Cl2FN2O2S.